The van der Waals surface area contributed by atoms with Gasteiger partial charge in [-0.05, 0) is 62.7 Å². The fourth-order valence-electron chi connectivity index (χ4n) is 3.14. The van der Waals surface area contributed by atoms with Crippen molar-refractivity contribution in [1.82, 2.24) is 4.90 Å². The third-order valence-corrected chi connectivity index (χ3v) is 4.54. The van der Waals surface area contributed by atoms with Crippen LogP contribution in [0, 0.1) is 11.8 Å². The van der Waals surface area contributed by atoms with Crippen molar-refractivity contribution >= 4 is 23.4 Å². The van der Waals surface area contributed by atoms with Gasteiger partial charge < -0.3 is 9.74 Å². The molecule has 0 amide bonds. The van der Waals surface area contributed by atoms with E-state index < -0.39 is 0 Å². The van der Waals surface area contributed by atoms with Crippen LogP contribution in [0.5, 0.6) is 0 Å². The SMILES string of the molecule is CC(CON=C1C(=Cc2ccc(Cl)cc2)CCC[C@@H]1C)CN(C)C. The molecule has 4 heteroatoms. The van der Waals surface area contributed by atoms with Gasteiger partial charge in [0.25, 0.3) is 0 Å². The van der Waals surface area contributed by atoms with Crippen molar-refractivity contribution in [3.05, 3.63) is 40.4 Å². The number of oxime groups is 1. The Morgan fingerprint density at radius 3 is 2.71 bits per heavy atom. The summed E-state index contributed by atoms with van der Waals surface area (Å²) >= 11 is 5.97. The van der Waals surface area contributed by atoms with Gasteiger partial charge in [0.05, 0.1) is 5.71 Å². The molecule has 0 radical (unpaired) electrons. The van der Waals surface area contributed by atoms with Crippen molar-refractivity contribution in [2.75, 3.05) is 27.2 Å². The highest BCUT2D eigenvalue weighted by atomic mass is 35.5. The highest BCUT2D eigenvalue weighted by Gasteiger charge is 2.21. The first-order valence-corrected chi connectivity index (χ1v) is 9.14. The van der Waals surface area contributed by atoms with Crippen LogP contribution in [0.3, 0.4) is 0 Å². The molecule has 132 valence electrons. The maximum Gasteiger partial charge on any atom is 0.120 e. The first-order valence-electron chi connectivity index (χ1n) is 8.76. The Bertz CT molecular complexity index is 578. The zero-order valence-corrected chi connectivity index (χ0v) is 16.0. The van der Waals surface area contributed by atoms with Gasteiger partial charge >= 0.3 is 0 Å². The van der Waals surface area contributed by atoms with E-state index in [-0.39, 0.29) is 0 Å². The monoisotopic (exact) mass is 348 g/mol. The summed E-state index contributed by atoms with van der Waals surface area (Å²) in [6.07, 6.45) is 5.66. The molecule has 1 aromatic carbocycles. The number of nitrogens with zero attached hydrogens (tertiary/aromatic N) is 2. The summed E-state index contributed by atoms with van der Waals surface area (Å²) in [6, 6.07) is 7.95. The van der Waals surface area contributed by atoms with Crippen LogP contribution in [0.2, 0.25) is 5.02 Å². The van der Waals surface area contributed by atoms with Crippen LogP contribution in [-0.4, -0.2) is 37.9 Å². The fourth-order valence-corrected chi connectivity index (χ4v) is 3.27. The molecule has 24 heavy (non-hydrogen) atoms. The number of hydrogen-bond acceptors (Lipinski definition) is 3. The van der Waals surface area contributed by atoms with Gasteiger partial charge in [0, 0.05) is 23.4 Å². The van der Waals surface area contributed by atoms with Crippen LogP contribution in [0.4, 0.5) is 0 Å². The van der Waals surface area contributed by atoms with Crippen LogP contribution in [0.1, 0.15) is 38.7 Å². The third kappa shape index (κ3) is 5.95. The molecule has 0 aliphatic heterocycles. The number of hydrogen-bond donors (Lipinski definition) is 0. The van der Waals surface area contributed by atoms with Gasteiger partial charge in [0.1, 0.15) is 6.61 Å². The molecule has 1 aliphatic rings. The summed E-state index contributed by atoms with van der Waals surface area (Å²) in [5.41, 5.74) is 3.56. The Morgan fingerprint density at radius 2 is 2.04 bits per heavy atom. The second kappa shape index (κ2) is 9.24. The number of rotatable bonds is 6. The summed E-state index contributed by atoms with van der Waals surface area (Å²) in [5, 5.41) is 5.28. The van der Waals surface area contributed by atoms with Gasteiger partial charge in [-0.15, -0.1) is 0 Å². The van der Waals surface area contributed by atoms with Crippen molar-refractivity contribution in [1.29, 1.82) is 0 Å². The van der Waals surface area contributed by atoms with Crippen molar-refractivity contribution in [2.24, 2.45) is 17.0 Å². The first-order chi connectivity index (χ1) is 11.5. The standard InChI is InChI=1S/C20H29ClN2O/c1-15(13-23(3)4)14-24-22-20-16(2)6-5-7-18(20)12-17-8-10-19(21)11-9-17/h8-12,15-16H,5-7,13-14H2,1-4H3/t15?,16-/m0/s1. The molecule has 1 aliphatic carbocycles. The predicted molar refractivity (Wildman–Crippen MR) is 104 cm³/mol. The molecule has 0 spiro atoms. The average molecular weight is 349 g/mol. The molecular formula is C20H29ClN2O. The van der Waals surface area contributed by atoms with Crippen LogP contribution in [-0.2, 0) is 4.84 Å². The van der Waals surface area contributed by atoms with Crippen LogP contribution < -0.4 is 0 Å². The molecule has 2 atom stereocenters. The van der Waals surface area contributed by atoms with Crippen LogP contribution in [0.15, 0.2) is 35.0 Å². The highest BCUT2D eigenvalue weighted by Crippen LogP contribution is 2.28. The lowest BCUT2D eigenvalue weighted by Gasteiger charge is -2.23. The van der Waals surface area contributed by atoms with E-state index in [0.717, 1.165) is 29.3 Å². The van der Waals surface area contributed by atoms with Crippen molar-refractivity contribution in [2.45, 2.75) is 33.1 Å². The molecule has 1 unspecified atom stereocenters. The minimum Gasteiger partial charge on any atom is -0.395 e. The Kier molecular flexibility index (Phi) is 7.32. The summed E-state index contributed by atoms with van der Waals surface area (Å²) in [4.78, 5) is 7.87. The van der Waals surface area contributed by atoms with Gasteiger partial charge in [-0.3, -0.25) is 0 Å². The highest BCUT2D eigenvalue weighted by molar-refractivity contribution is 6.30. The van der Waals surface area contributed by atoms with E-state index in [4.69, 9.17) is 16.4 Å². The molecule has 3 nitrogen and oxygen atoms in total. The van der Waals surface area contributed by atoms with Gasteiger partial charge in [0.2, 0.25) is 0 Å². The Morgan fingerprint density at radius 1 is 1.33 bits per heavy atom. The lowest BCUT2D eigenvalue weighted by atomic mass is 9.84. The molecular weight excluding hydrogens is 320 g/mol. The molecule has 0 N–H and O–H groups in total. The van der Waals surface area contributed by atoms with Gasteiger partial charge in [-0.2, -0.15) is 0 Å². The van der Waals surface area contributed by atoms with Gasteiger partial charge in [-0.1, -0.05) is 42.7 Å². The zero-order chi connectivity index (χ0) is 17.5. The molecule has 1 aromatic rings. The summed E-state index contributed by atoms with van der Waals surface area (Å²) in [5.74, 6) is 0.911. The van der Waals surface area contributed by atoms with Gasteiger partial charge in [0.15, 0.2) is 0 Å². The maximum atomic E-state index is 5.97. The fraction of sp³-hybridized carbons (Fsp3) is 0.550. The van der Waals surface area contributed by atoms with E-state index in [2.05, 4.69) is 44.1 Å². The van der Waals surface area contributed by atoms with Crippen molar-refractivity contribution in [3.63, 3.8) is 0 Å². The Balaban J connectivity index is 2.08. The van der Waals surface area contributed by atoms with Crippen LogP contribution in [0.25, 0.3) is 6.08 Å². The molecule has 1 saturated carbocycles. The molecule has 0 bridgehead atoms. The second-order valence-corrected chi connectivity index (χ2v) is 7.59. The lowest BCUT2D eigenvalue weighted by Crippen LogP contribution is -2.23. The summed E-state index contributed by atoms with van der Waals surface area (Å²) < 4.78 is 0. The molecule has 2 rings (SSSR count). The summed E-state index contributed by atoms with van der Waals surface area (Å²) in [6.45, 7) is 6.09. The molecule has 1 fully saturated rings. The van der Waals surface area contributed by atoms with E-state index in [0.29, 0.717) is 18.4 Å². The Labute approximate surface area is 151 Å². The largest absolute Gasteiger partial charge is 0.395 e. The smallest absolute Gasteiger partial charge is 0.120 e. The Hall–Kier alpha value is -1.32. The average Bonchev–Trinajstić information content (AvgIpc) is 2.51. The molecule has 0 aromatic heterocycles. The normalized spacial score (nSPS) is 23.0. The van der Waals surface area contributed by atoms with E-state index in [1.165, 1.54) is 18.4 Å². The summed E-state index contributed by atoms with van der Waals surface area (Å²) in [7, 11) is 4.16. The number of benzene rings is 1. The topological polar surface area (TPSA) is 24.8 Å². The molecule has 0 saturated heterocycles. The van der Waals surface area contributed by atoms with Gasteiger partial charge in [-0.25, -0.2) is 0 Å². The van der Waals surface area contributed by atoms with E-state index in [1.807, 2.05) is 24.3 Å². The number of halogens is 1. The molecule has 0 heterocycles. The first kappa shape index (κ1) is 19.0. The van der Waals surface area contributed by atoms with E-state index >= 15 is 0 Å². The van der Waals surface area contributed by atoms with E-state index in [1.54, 1.807) is 0 Å². The van der Waals surface area contributed by atoms with Crippen LogP contribution >= 0.6 is 11.6 Å². The second-order valence-electron chi connectivity index (χ2n) is 7.15. The third-order valence-electron chi connectivity index (χ3n) is 4.29. The zero-order valence-electron chi connectivity index (χ0n) is 15.3. The minimum atomic E-state index is 0.446. The lowest BCUT2D eigenvalue weighted by molar-refractivity contribution is 0.100. The van der Waals surface area contributed by atoms with Crippen molar-refractivity contribution in [3.8, 4) is 0 Å². The van der Waals surface area contributed by atoms with Crippen molar-refractivity contribution < 1.29 is 4.84 Å². The maximum absolute atomic E-state index is 5.97. The predicted octanol–water partition coefficient (Wildman–Crippen LogP) is 5.11. The quantitative estimate of drug-likeness (QED) is 0.667. The number of allylic oxidation sites excluding steroid dienone is 1. The minimum absolute atomic E-state index is 0.446. The van der Waals surface area contributed by atoms with E-state index in [9.17, 15) is 0 Å².